The van der Waals surface area contributed by atoms with E-state index in [2.05, 4.69) is 5.32 Å². The van der Waals surface area contributed by atoms with E-state index in [1.54, 1.807) is 4.90 Å². The van der Waals surface area contributed by atoms with Crippen molar-refractivity contribution in [2.45, 2.75) is 13.0 Å². The highest BCUT2D eigenvalue weighted by atomic mass is 32.1. The van der Waals surface area contributed by atoms with E-state index in [0.717, 1.165) is 28.3 Å². The average molecular weight is 286 g/mol. The molecule has 2 aromatic rings. The van der Waals surface area contributed by atoms with Crippen molar-refractivity contribution in [3.8, 4) is 0 Å². The van der Waals surface area contributed by atoms with Gasteiger partial charge in [-0.1, -0.05) is 30.3 Å². The molecule has 20 heavy (non-hydrogen) atoms. The Morgan fingerprint density at radius 3 is 2.80 bits per heavy atom. The maximum absolute atomic E-state index is 11.6. The first-order valence-corrected chi connectivity index (χ1v) is 7.26. The summed E-state index contributed by atoms with van der Waals surface area (Å²) >= 11 is 1.38. The summed E-state index contributed by atoms with van der Waals surface area (Å²) in [5, 5.41) is 3.61. The zero-order chi connectivity index (χ0) is 13.9. The lowest BCUT2D eigenvalue weighted by atomic mass is 10.1. The van der Waals surface area contributed by atoms with Gasteiger partial charge >= 0.3 is 0 Å². The minimum absolute atomic E-state index is 0.0369. The van der Waals surface area contributed by atoms with Crippen molar-refractivity contribution in [1.29, 1.82) is 0 Å². The first-order valence-electron chi connectivity index (χ1n) is 6.44. The molecule has 1 aromatic heterocycles. The lowest BCUT2D eigenvalue weighted by molar-refractivity contribution is -0.107. The number of carbonyl (C=O) groups is 2. The molecule has 0 atom stereocenters. The molecule has 1 aromatic carbocycles. The minimum atomic E-state index is -0.0369. The van der Waals surface area contributed by atoms with E-state index in [9.17, 15) is 9.59 Å². The average Bonchev–Trinajstić information content (AvgIpc) is 3.04. The smallest absolute Gasteiger partial charge is 0.262 e. The summed E-state index contributed by atoms with van der Waals surface area (Å²) in [4.78, 5) is 25.2. The Bertz CT molecular complexity index is 637. The summed E-state index contributed by atoms with van der Waals surface area (Å²) in [5.41, 5.74) is 2.18. The van der Waals surface area contributed by atoms with Gasteiger partial charge in [0.1, 0.15) is 0 Å². The van der Waals surface area contributed by atoms with E-state index in [1.807, 2.05) is 36.4 Å². The Hall–Kier alpha value is -2.14. The van der Waals surface area contributed by atoms with Crippen LogP contribution in [0, 0.1) is 0 Å². The molecule has 0 bridgehead atoms. The van der Waals surface area contributed by atoms with Crippen molar-refractivity contribution in [3.05, 3.63) is 52.4 Å². The molecular weight excluding hydrogens is 272 g/mol. The highest BCUT2D eigenvalue weighted by Gasteiger charge is 2.24. The maximum Gasteiger partial charge on any atom is 0.262 e. The summed E-state index contributed by atoms with van der Waals surface area (Å²) in [6, 6.07) is 12.0. The van der Waals surface area contributed by atoms with Crippen molar-refractivity contribution in [1.82, 2.24) is 5.32 Å². The van der Waals surface area contributed by atoms with E-state index in [4.69, 9.17) is 0 Å². The number of benzene rings is 1. The third-order valence-corrected chi connectivity index (χ3v) is 4.55. The SMILES string of the molecule is O=CN(CCc1ccccc1)c1cc2c(s1)C(=O)NC2. The van der Waals surface area contributed by atoms with Crippen molar-refractivity contribution in [3.63, 3.8) is 0 Å². The summed E-state index contributed by atoms with van der Waals surface area (Å²) in [6.07, 6.45) is 1.64. The van der Waals surface area contributed by atoms with Crippen LogP contribution in [0.5, 0.6) is 0 Å². The van der Waals surface area contributed by atoms with Crippen LogP contribution in [-0.4, -0.2) is 18.9 Å². The van der Waals surface area contributed by atoms with E-state index in [1.165, 1.54) is 16.9 Å². The van der Waals surface area contributed by atoms with Crippen LogP contribution in [0.4, 0.5) is 5.00 Å². The minimum Gasteiger partial charge on any atom is -0.347 e. The molecule has 0 radical (unpaired) electrons. The van der Waals surface area contributed by atoms with Crippen LogP contribution in [0.2, 0.25) is 0 Å². The van der Waals surface area contributed by atoms with Gasteiger partial charge in [-0.15, -0.1) is 11.3 Å². The van der Waals surface area contributed by atoms with Crippen LogP contribution in [0.25, 0.3) is 0 Å². The molecule has 5 heteroatoms. The van der Waals surface area contributed by atoms with Gasteiger partial charge in [0.15, 0.2) is 0 Å². The van der Waals surface area contributed by atoms with E-state index in [-0.39, 0.29) is 5.91 Å². The standard InChI is InChI=1S/C15H14N2O2S/c18-10-17(7-6-11-4-2-1-3-5-11)13-8-12-9-16-15(19)14(12)20-13/h1-5,8,10H,6-7,9H2,(H,16,19). The fourth-order valence-corrected chi connectivity index (χ4v) is 3.33. The lowest BCUT2D eigenvalue weighted by Gasteiger charge is -2.15. The molecule has 0 aliphatic carbocycles. The molecule has 0 saturated carbocycles. The number of hydrogen-bond acceptors (Lipinski definition) is 3. The molecule has 2 amide bonds. The quantitative estimate of drug-likeness (QED) is 0.857. The molecule has 1 N–H and O–H groups in total. The Morgan fingerprint density at radius 2 is 2.10 bits per heavy atom. The fraction of sp³-hybridized carbons (Fsp3) is 0.200. The number of hydrogen-bond donors (Lipinski definition) is 1. The van der Waals surface area contributed by atoms with Crippen LogP contribution in [0.15, 0.2) is 36.4 Å². The summed E-state index contributed by atoms with van der Waals surface area (Å²) < 4.78 is 0. The number of nitrogens with one attached hydrogen (secondary N) is 1. The fourth-order valence-electron chi connectivity index (χ4n) is 2.24. The predicted octanol–water partition coefficient (Wildman–Crippen LogP) is 2.20. The first-order chi connectivity index (χ1) is 9.78. The summed E-state index contributed by atoms with van der Waals surface area (Å²) in [7, 11) is 0. The number of amides is 2. The van der Waals surface area contributed by atoms with E-state index in [0.29, 0.717) is 13.1 Å². The van der Waals surface area contributed by atoms with Crippen molar-refractivity contribution in [2.24, 2.45) is 0 Å². The van der Waals surface area contributed by atoms with Crippen LogP contribution in [0.3, 0.4) is 0 Å². The van der Waals surface area contributed by atoms with Gasteiger partial charge < -0.3 is 10.2 Å². The maximum atomic E-state index is 11.6. The largest absolute Gasteiger partial charge is 0.347 e. The van der Waals surface area contributed by atoms with Crippen LogP contribution >= 0.6 is 11.3 Å². The van der Waals surface area contributed by atoms with Gasteiger partial charge in [-0.3, -0.25) is 9.59 Å². The van der Waals surface area contributed by atoms with Gasteiger partial charge in [0, 0.05) is 13.1 Å². The first kappa shape index (κ1) is 12.9. The molecule has 3 rings (SSSR count). The zero-order valence-electron chi connectivity index (χ0n) is 10.8. The number of fused-ring (bicyclic) bond motifs is 1. The second-order valence-corrected chi connectivity index (χ2v) is 5.69. The lowest BCUT2D eigenvalue weighted by Crippen LogP contribution is -2.23. The Morgan fingerprint density at radius 1 is 1.30 bits per heavy atom. The van der Waals surface area contributed by atoms with Crippen LogP contribution in [-0.2, 0) is 17.8 Å². The molecule has 0 fully saturated rings. The monoisotopic (exact) mass is 286 g/mol. The molecule has 0 spiro atoms. The topological polar surface area (TPSA) is 49.4 Å². The van der Waals surface area contributed by atoms with Gasteiger partial charge in [-0.25, -0.2) is 0 Å². The normalized spacial score (nSPS) is 12.9. The number of anilines is 1. The molecular formula is C15H14N2O2S. The Balaban J connectivity index is 1.72. The summed E-state index contributed by atoms with van der Waals surface area (Å²) in [6.45, 7) is 1.19. The van der Waals surface area contributed by atoms with Crippen LogP contribution in [0.1, 0.15) is 20.8 Å². The zero-order valence-corrected chi connectivity index (χ0v) is 11.7. The number of thiophene rings is 1. The second-order valence-electron chi connectivity index (χ2n) is 4.66. The summed E-state index contributed by atoms with van der Waals surface area (Å²) in [5.74, 6) is -0.0369. The van der Waals surface area contributed by atoms with E-state index < -0.39 is 0 Å². The molecule has 0 saturated heterocycles. The molecule has 102 valence electrons. The molecule has 4 nitrogen and oxygen atoms in total. The third kappa shape index (κ3) is 2.44. The van der Waals surface area contributed by atoms with Gasteiger partial charge in [-0.05, 0) is 23.6 Å². The van der Waals surface area contributed by atoms with Crippen molar-refractivity contribution >= 4 is 28.7 Å². The molecule has 2 heterocycles. The highest BCUT2D eigenvalue weighted by molar-refractivity contribution is 7.18. The second kappa shape index (κ2) is 5.46. The Kier molecular flexibility index (Phi) is 3.52. The van der Waals surface area contributed by atoms with Crippen molar-refractivity contribution < 1.29 is 9.59 Å². The highest BCUT2D eigenvalue weighted by Crippen LogP contribution is 2.32. The number of carbonyl (C=O) groups excluding carboxylic acids is 2. The van der Waals surface area contributed by atoms with Gasteiger partial charge in [-0.2, -0.15) is 0 Å². The van der Waals surface area contributed by atoms with Gasteiger partial charge in [0.05, 0.1) is 9.88 Å². The molecule has 1 aliphatic rings. The van der Waals surface area contributed by atoms with Gasteiger partial charge in [0.25, 0.3) is 5.91 Å². The third-order valence-electron chi connectivity index (χ3n) is 3.34. The van der Waals surface area contributed by atoms with Crippen molar-refractivity contribution in [2.75, 3.05) is 11.4 Å². The Labute approximate surface area is 121 Å². The predicted molar refractivity (Wildman–Crippen MR) is 79.0 cm³/mol. The molecule has 0 unspecified atom stereocenters. The van der Waals surface area contributed by atoms with Crippen LogP contribution < -0.4 is 10.2 Å². The van der Waals surface area contributed by atoms with Gasteiger partial charge in [0.2, 0.25) is 6.41 Å². The molecule has 1 aliphatic heterocycles. The number of rotatable bonds is 5. The van der Waals surface area contributed by atoms with E-state index >= 15 is 0 Å². The number of nitrogens with zero attached hydrogens (tertiary/aromatic N) is 1.